The largest absolute Gasteiger partial charge is 0.497 e. The zero-order valence-corrected chi connectivity index (χ0v) is 14.4. The average molecular weight is 358 g/mol. The summed E-state index contributed by atoms with van der Waals surface area (Å²) in [5.74, 6) is 0.947. The molecule has 3 rings (SSSR count). The highest BCUT2D eigenvalue weighted by Crippen LogP contribution is 2.31. The van der Waals surface area contributed by atoms with Gasteiger partial charge >= 0.3 is 5.97 Å². The first-order chi connectivity index (χ1) is 12.6. The number of hydrogen-bond acceptors (Lipinski definition) is 7. The van der Waals surface area contributed by atoms with Crippen LogP contribution in [0.25, 0.3) is 0 Å². The van der Waals surface area contributed by atoms with Crippen molar-refractivity contribution in [2.45, 2.75) is 0 Å². The second kappa shape index (κ2) is 7.77. The highest BCUT2D eigenvalue weighted by Gasteiger charge is 2.19. The molecule has 0 aliphatic carbocycles. The van der Waals surface area contributed by atoms with Crippen molar-refractivity contribution >= 4 is 11.8 Å². The third-order valence-corrected chi connectivity index (χ3v) is 3.83. The lowest BCUT2D eigenvalue weighted by Gasteiger charge is -2.18. The summed E-state index contributed by atoms with van der Waals surface area (Å²) < 4.78 is 26.2. The van der Waals surface area contributed by atoms with E-state index < -0.39 is 12.6 Å². The van der Waals surface area contributed by atoms with Gasteiger partial charge in [-0.3, -0.25) is 4.79 Å². The molecule has 0 amide bonds. The number of rotatable bonds is 6. The molecule has 7 heteroatoms. The molecule has 7 nitrogen and oxygen atoms in total. The molecule has 0 bridgehead atoms. The number of ketones is 1. The molecule has 2 aromatic carbocycles. The summed E-state index contributed by atoms with van der Waals surface area (Å²) in [6.07, 6.45) is 0. The topological polar surface area (TPSA) is 80.3 Å². The Bertz CT molecular complexity index is 829. The maximum Gasteiger partial charge on any atom is 0.342 e. The van der Waals surface area contributed by atoms with Gasteiger partial charge in [-0.2, -0.15) is 0 Å². The molecule has 136 valence electrons. The van der Waals surface area contributed by atoms with Gasteiger partial charge in [0.25, 0.3) is 0 Å². The van der Waals surface area contributed by atoms with Crippen LogP contribution in [0.4, 0.5) is 0 Å². The minimum absolute atomic E-state index is 0.211. The van der Waals surface area contributed by atoms with Crippen molar-refractivity contribution in [1.82, 2.24) is 0 Å². The molecule has 0 fully saturated rings. The van der Waals surface area contributed by atoms with Crippen LogP contribution >= 0.6 is 0 Å². The predicted molar refractivity (Wildman–Crippen MR) is 91.6 cm³/mol. The SMILES string of the molecule is COc1ccc(C(=O)OCC(=O)c2ccc3c(c2)OCCO3)c(OC)c1. The number of methoxy groups -OCH3 is 2. The van der Waals surface area contributed by atoms with Gasteiger partial charge in [-0.15, -0.1) is 0 Å². The second-order valence-corrected chi connectivity index (χ2v) is 5.42. The normalized spacial score (nSPS) is 12.2. The van der Waals surface area contributed by atoms with Crippen LogP contribution in [0.2, 0.25) is 0 Å². The van der Waals surface area contributed by atoms with E-state index in [0.29, 0.717) is 41.8 Å². The van der Waals surface area contributed by atoms with E-state index in [0.717, 1.165) is 0 Å². The average Bonchev–Trinajstić information content (AvgIpc) is 2.70. The number of carbonyl (C=O) groups excluding carboxylic acids is 2. The summed E-state index contributed by atoms with van der Waals surface area (Å²) >= 11 is 0. The fourth-order valence-electron chi connectivity index (χ4n) is 2.48. The Morgan fingerprint density at radius 2 is 1.73 bits per heavy atom. The van der Waals surface area contributed by atoms with Crippen molar-refractivity contribution < 1.29 is 33.3 Å². The number of benzene rings is 2. The third-order valence-electron chi connectivity index (χ3n) is 3.83. The van der Waals surface area contributed by atoms with Crippen LogP contribution in [0.3, 0.4) is 0 Å². The quantitative estimate of drug-likeness (QED) is 0.580. The predicted octanol–water partition coefficient (Wildman–Crippen LogP) is 2.51. The van der Waals surface area contributed by atoms with E-state index in [2.05, 4.69) is 0 Å². The fraction of sp³-hybridized carbons (Fsp3) is 0.263. The van der Waals surface area contributed by atoms with Crippen LogP contribution < -0.4 is 18.9 Å². The highest BCUT2D eigenvalue weighted by atomic mass is 16.6. The van der Waals surface area contributed by atoms with E-state index in [1.807, 2.05) is 0 Å². The molecule has 0 N–H and O–H groups in total. The first-order valence-corrected chi connectivity index (χ1v) is 7.94. The summed E-state index contributed by atoms with van der Waals surface area (Å²) in [5.41, 5.74) is 0.590. The summed E-state index contributed by atoms with van der Waals surface area (Å²) in [6.45, 7) is 0.506. The van der Waals surface area contributed by atoms with Gasteiger partial charge < -0.3 is 23.7 Å². The van der Waals surface area contributed by atoms with Crippen LogP contribution in [0, 0.1) is 0 Å². The summed E-state index contributed by atoms with van der Waals surface area (Å²) in [7, 11) is 2.95. The molecule has 0 aromatic heterocycles. The van der Waals surface area contributed by atoms with Gasteiger partial charge in [0.1, 0.15) is 30.3 Å². The molecular weight excluding hydrogens is 340 g/mol. The summed E-state index contributed by atoms with van der Waals surface area (Å²) in [4.78, 5) is 24.5. The number of carbonyl (C=O) groups is 2. The van der Waals surface area contributed by atoms with Gasteiger partial charge in [-0.1, -0.05) is 0 Å². The molecule has 0 radical (unpaired) electrons. The first kappa shape index (κ1) is 17.6. The van der Waals surface area contributed by atoms with Gasteiger partial charge in [0.2, 0.25) is 0 Å². The molecule has 0 saturated carbocycles. The first-order valence-electron chi connectivity index (χ1n) is 7.94. The minimum atomic E-state index is -0.657. The van der Waals surface area contributed by atoms with Crippen molar-refractivity contribution in [2.75, 3.05) is 34.0 Å². The third kappa shape index (κ3) is 3.72. The smallest absolute Gasteiger partial charge is 0.342 e. The van der Waals surface area contributed by atoms with Crippen molar-refractivity contribution in [3.8, 4) is 23.0 Å². The molecule has 0 unspecified atom stereocenters. The van der Waals surface area contributed by atoms with Crippen molar-refractivity contribution in [2.24, 2.45) is 0 Å². The Morgan fingerprint density at radius 1 is 0.962 bits per heavy atom. The molecule has 0 spiro atoms. The van der Waals surface area contributed by atoms with Crippen LogP contribution in [0.1, 0.15) is 20.7 Å². The minimum Gasteiger partial charge on any atom is -0.497 e. The molecule has 0 atom stereocenters. The lowest BCUT2D eigenvalue weighted by atomic mass is 10.1. The van der Waals surface area contributed by atoms with Gasteiger partial charge in [-0.25, -0.2) is 4.79 Å². The van der Waals surface area contributed by atoms with E-state index in [1.54, 1.807) is 30.3 Å². The number of ether oxygens (including phenoxy) is 5. The van der Waals surface area contributed by atoms with Gasteiger partial charge in [0, 0.05) is 11.6 Å². The van der Waals surface area contributed by atoms with E-state index >= 15 is 0 Å². The Labute approximate surface area is 150 Å². The monoisotopic (exact) mass is 358 g/mol. The Balaban J connectivity index is 1.67. The van der Waals surface area contributed by atoms with E-state index in [4.69, 9.17) is 23.7 Å². The maximum atomic E-state index is 12.3. The van der Waals surface area contributed by atoms with Crippen LogP contribution in [0.5, 0.6) is 23.0 Å². The summed E-state index contributed by atoms with van der Waals surface area (Å²) in [5, 5.41) is 0. The Kier molecular flexibility index (Phi) is 5.26. The van der Waals surface area contributed by atoms with E-state index in [-0.39, 0.29) is 11.3 Å². The molecule has 0 saturated heterocycles. The number of hydrogen-bond donors (Lipinski definition) is 0. The van der Waals surface area contributed by atoms with E-state index in [1.165, 1.54) is 20.3 Å². The molecule has 2 aromatic rings. The molecule has 1 aliphatic heterocycles. The zero-order chi connectivity index (χ0) is 18.5. The highest BCUT2D eigenvalue weighted by molar-refractivity contribution is 6.00. The molecular formula is C19H18O7. The molecule has 1 heterocycles. The maximum absolute atomic E-state index is 12.3. The number of Topliss-reactive ketones (excluding diaryl/α,β-unsaturated/α-hetero) is 1. The lowest BCUT2D eigenvalue weighted by molar-refractivity contribution is 0.0471. The van der Waals surface area contributed by atoms with Crippen LogP contribution in [-0.4, -0.2) is 45.8 Å². The Hall–Kier alpha value is -3.22. The number of fused-ring (bicyclic) bond motifs is 1. The standard InChI is InChI=1S/C19H18O7/c1-22-13-4-5-14(17(10-13)23-2)19(21)26-11-15(20)12-3-6-16-18(9-12)25-8-7-24-16/h3-6,9-10H,7-8,11H2,1-2H3. The number of esters is 1. The molecule has 1 aliphatic rings. The van der Waals surface area contributed by atoms with E-state index in [9.17, 15) is 9.59 Å². The van der Waals surface area contributed by atoms with Crippen molar-refractivity contribution in [3.63, 3.8) is 0 Å². The Morgan fingerprint density at radius 3 is 2.46 bits per heavy atom. The van der Waals surface area contributed by atoms with Gasteiger partial charge in [0.15, 0.2) is 23.9 Å². The van der Waals surface area contributed by atoms with Gasteiger partial charge in [0.05, 0.1) is 14.2 Å². The van der Waals surface area contributed by atoms with Crippen molar-refractivity contribution in [1.29, 1.82) is 0 Å². The van der Waals surface area contributed by atoms with Gasteiger partial charge in [-0.05, 0) is 30.3 Å². The zero-order valence-electron chi connectivity index (χ0n) is 14.4. The lowest BCUT2D eigenvalue weighted by Crippen LogP contribution is -2.17. The van der Waals surface area contributed by atoms with Crippen molar-refractivity contribution in [3.05, 3.63) is 47.5 Å². The molecule has 26 heavy (non-hydrogen) atoms. The summed E-state index contributed by atoms with van der Waals surface area (Å²) in [6, 6.07) is 9.56. The van der Waals surface area contributed by atoms with Crippen LogP contribution in [0.15, 0.2) is 36.4 Å². The second-order valence-electron chi connectivity index (χ2n) is 5.42. The van der Waals surface area contributed by atoms with Crippen LogP contribution in [-0.2, 0) is 4.74 Å². The fourth-order valence-corrected chi connectivity index (χ4v) is 2.48.